The minimum absolute atomic E-state index is 0.414. The second kappa shape index (κ2) is 6.68. The Bertz CT molecular complexity index is 498. The van der Waals surface area contributed by atoms with E-state index < -0.39 is 0 Å². The fourth-order valence-electron chi connectivity index (χ4n) is 1.65. The molecule has 0 saturated carbocycles. The highest BCUT2D eigenvalue weighted by molar-refractivity contribution is 5.40. The van der Waals surface area contributed by atoms with E-state index in [1.54, 1.807) is 12.5 Å². The van der Waals surface area contributed by atoms with Gasteiger partial charge in [-0.1, -0.05) is 13.8 Å². The maximum absolute atomic E-state index is 4.24. The van der Waals surface area contributed by atoms with Gasteiger partial charge < -0.3 is 10.6 Å². The number of hydrogen-bond donors (Lipinski definition) is 2. The average molecular weight is 257 g/mol. The summed E-state index contributed by atoms with van der Waals surface area (Å²) in [6.07, 6.45) is 5.17. The van der Waals surface area contributed by atoms with Crippen molar-refractivity contribution in [2.75, 3.05) is 23.7 Å². The van der Waals surface area contributed by atoms with Crippen LogP contribution >= 0.6 is 0 Å². The number of rotatable bonds is 6. The Morgan fingerprint density at radius 2 is 2.00 bits per heavy atom. The molecular weight excluding hydrogens is 238 g/mol. The van der Waals surface area contributed by atoms with Crippen molar-refractivity contribution in [2.45, 2.75) is 19.8 Å². The van der Waals surface area contributed by atoms with Crippen LogP contribution in [0.4, 0.5) is 11.5 Å². The SMILES string of the molecule is CC(C)c1cc(NCCNc2cccnc2)ncn1. The van der Waals surface area contributed by atoms with E-state index in [0.717, 1.165) is 30.3 Å². The van der Waals surface area contributed by atoms with E-state index in [0.29, 0.717) is 5.92 Å². The third-order valence-corrected chi connectivity index (χ3v) is 2.70. The van der Waals surface area contributed by atoms with Crippen molar-refractivity contribution in [2.24, 2.45) is 0 Å². The monoisotopic (exact) mass is 257 g/mol. The Kier molecular flexibility index (Phi) is 4.66. The molecule has 0 aromatic carbocycles. The van der Waals surface area contributed by atoms with Gasteiger partial charge in [-0.3, -0.25) is 4.98 Å². The zero-order valence-corrected chi connectivity index (χ0v) is 11.3. The first-order valence-electron chi connectivity index (χ1n) is 6.45. The molecule has 0 unspecified atom stereocenters. The number of pyridine rings is 1. The summed E-state index contributed by atoms with van der Waals surface area (Å²) in [6, 6.07) is 5.90. The first-order valence-corrected chi connectivity index (χ1v) is 6.45. The van der Waals surface area contributed by atoms with E-state index in [-0.39, 0.29) is 0 Å². The molecule has 5 nitrogen and oxygen atoms in total. The summed E-state index contributed by atoms with van der Waals surface area (Å²) in [5.74, 6) is 1.28. The summed E-state index contributed by atoms with van der Waals surface area (Å²) in [5.41, 5.74) is 2.08. The van der Waals surface area contributed by atoms with E-state index >= 15 is 0 Å². The average Bonchev–Trinajstić information content (AvgIpc) is 2.45. The normalized spacial score (nSPS) is 10.5. The molecule has 0 radical (unpaired) electrons. The van der Waals surface area contributed by atoms with Crippen LogP contribution in [0, 0.1) is 0 Å². The first-order chi connectivity index (χ1) is 9.25. The molecule has 2 heterocycles. The van der Waals surface area contributed by atoms with Gasteiger partial charge >= 0.3 is 0 Å². The number of anilines is 2. The van der Waals surface area contributed by atoms with Crippen molar-refractivity contribution in [3.8, 4) is 0 Å². The first kappa shape index (κ1) is 13.3. The Morgan fingerprint density at radius 1 is 1.16 bits per heavy atom. The standard InChI is InChI=1S/C14H19N5/c1-11(2)13-8-14(19-10-18-13)17-7-6-16-12-4-3-5-15-9-12/h3-5,8-11,16H,6-7H2,1-2H3,(H,17,18,19). The molecule has 0 aliphatic rings. The minimum Gasteiger partial charge on any atom is -0.382 e. The highest BCUT2D eigenvalue weighted by atomic mass is 15.0. The Balaban J connectivity index is 1.78. The smallest absolute Gasteiger partial charge is 0.129 e. The van der Waals surface area contributed by atoms with Gasteiger partial charge in [0.1, 0.15) is 12.1 Å². The fourth-order valence-corrected chi connectivity index (χ4v) is 1.65. The zero-order valence-electron chi connectivity index (χ0n) is 11.3. The lowest BCUT2D eigenvalue weighted by Gasteiger charge is -2.09. The lowest BCUT2D eigenvalue weighted by molar-refractivity contribution is 0.814. The molecule has 2 aromatic heterocycles. The van der Waals surface area contributed by atoms with E-state index in [2.05, 4.69) is 39.4 Å². The van der Waals surface area contributed by atoms with Gasteiger partial charge in [-0.25, -0.2) is 9.97 Å². The van der Waals surface area contributed by atoms with Gasteiger partial charge in [0.25, 0.3) is 0 Å². The maximum Gasteiger partial charge on any atom is 0.129 e. The number of aromatic nitrogens is 3. The van der Waals surface area contributed by atoms with E-state index in [9.17, 15) is 0 Å². The lowest BCUT2D eigenvalue weighted by Crippen LogP contribution is -2.14. The second-order valence-corrected chi connectivity index (χ2v) is 4.58. The van der Waals surface area contributed by atoms with E-state index in [1.807, 2.05) is 24.4 Å². The van der Waals surface area contributed by atoms with Gasteiger partial charge in [0.15, 0.2) is 0 Å². The fraction of sp³-hybridized carbons (Fsp3) is 0.357. The van der Waals surface area contributed by atoms with E-state index in [4.69, 9.17) is 0 Å². The number of hydrogen-bond acceptors (Lipinski definition) is 5. The van der Waals surface area contributed by atoms with Crippen LogP contribution in [0.5, 0.6) is 0 Å². The van der Waals surface area contributed by atoms with Crippen molar-refractivity contribution in [1.29, 1.82) is 0 Å². The summed E-state index contributed by atoms with van der Waals surface area (Å²) in [4.78, 5) is 12.5. The highest BCUT2D eigenvalue weighted by Crippen LogP contribution is 2.13. The van der Waals surface area contributed by atoms with Gasteiger partial charge in [-0.2, -0.15) is 0 Å². The summed E-state index contributed by atoms with van der Waals surface area (Å²) >= 11 is 0. The van der Waals surface area contributed by atoms with Crippen LogP contribution in [0.3, 0.4) is 0 Å². The van der Waals surface area contributed by atoms with Crippen LogP contribution in [0.25, 0.3) is 0 Å². The van der Waals surface area contributed by atoms with Gasteiger partial charge in [0.05, 0.1) is 5.69 Å². The van der Waals surface area contributed by atoms with Gasteiger partial charge in [-0.05, 0) is 18.1 Å². The molecule has 19 heavy (non-hydrogen) atoms. The zero-order chi connectivity index (χ0) is 13.5. The third kappa shape index (κ3) is 4.21. The predicted octanol–water partition coefficient (Wildman–Crippen LogP) is 2.52. The molecule has 5 heteroatoms. The number of nitrogens with zero attached hydrogens (tertiary/aromatic N) is 3. The van der Waals surface area contributed by atoms with Crippen molar-refractivity contribution < 1.29 is 0 Å². The molecule has 0 bridgehead atoms. The molecule has 0 aliphatic heterocycles. The van der Waals surface area contributed by atoms with Crippen LogP contribution < -0.4 is 10.6 Å². The second-order valence-electron chi connectivity index (χ2n) is 4.58. The van der Waals surface area contributed by atoms with Crippen LogP contribution in [-0.4, -0.2) is 28.0 Å². The number of nitrogens with one attached hydrogen (secondary N) is 2. The quantitative estimate of drug-likeness (QED) is 0.779. The molecule has 0 amide bonds. The molecule has 100 valence electrons. The van der Waals surface area contributed by atoms with Crippen molar-refractivity contribution >= 4 is 11.5 Å². The summed E-state index contributed by atoms with van der Waals surface area (Å²) < 4.78 is 0. The van der Waals surface area contributed by atoms with E-state index in [1.165, 1.54) is 0 Å². The Hall–Kier alpha value is -2.17. The summed E-state index contributed by atoms with van der Waals surface area (Å²) in [5, 5.41) is 6.56. The summed E-state index contributed by atoms with van der Waals surface area (Å²) in [7, 11) is 0. The molecule has 2 N–H and O–H groups in total. The molecule has 0 saturated heterocycles. The molecule has 2 rings (SSSR count). The van der Waals surface area contributed by atoms with Crippen molar-refractivity contribution in [3.63, 3.8) is 0 Å². The molecule has 0 fully saturated rings. The molecule has 0 spiro atoms. The minimum atomic E-state index is 0.414. The Morgan fingerprint density at radius 3 is 2.74 bits per heavy atom. The molecule has 2 aromatic rings. The Labute approximate surface area is 113 Å². The predicted molar refractivity (Wildman–Crippen MR) is 77.3 cm³/mol. The van der Waals surface area contributed by atoms with Crippen molar-refractivity contribution in [3.05, 3.63) is 42.6 Å². The molecule has 0 aliphatic carbocycles. The van der Waals surface area contributed by atoms with Crippen LogP contribution in [0.2, 0.25) is 0 Å². The van der Waals surface area contributed by atoms with Gasteiger partial charge in [0.2, 0.25) is 0 Å². The topological polar surface area (TPSA) is 62.7 Å². The van der Waals surface area contributed by atoms with Crippen LogP contribution in [0.1, 0.15) is 25.5 Å². The lowest BCUT2D eigenvalue weighted by atomic mass is 10.1. The van der Waals surface area contributed by atoms with Crippen LogP contribution in [-0.2, 0) is 0 Å². The maximum atomic E-state index is 4.24. The summed E-state index contributed by atoms with van der Waals surface area (Å²) in [6.45, 7) is 5.85. The van der Waals surface area contributed by atoms with Gasteiger partial charge in [-0.15, -0.1) is 0 Å². The molecule has 0 atom stereocenters. The van der Waals surface area contributed by atoms with Crippen LogP contribution in [0.15, 0.2) is 36.9 Å². The van der Waals surface area contributed by atoms with Crippen molar-refractivity contribution in [1.82, 2.24) is 15.0 Å². The largest absolute Gasteiger partial charge is 0.382 e. The highest BCUT2D eigenvalue weighted by Gasteiger charge is 2.02. The molecular formula is C14H19N5. The third-order valence-electron chi connectivity index (χ3n) is 2.70. The van der Waals surface area contributed by atoms with Gasteiger partial charge in [0, 0.05) is 37.2 Å².